The van der Waals surface area contributed by atoms with Crippen LogP contribution in [0.5, 0.6) is 0 Å². The van der Waals surface area contributed by atoms with E-state index in [-0.39, 0.29) is 6.04 Å². The number of hydrazine groups is 1. The highest BCUT2D eigenvalue weighted by molar-refractivity contribution is 9.11. The molecule has 3 N–H and O–H groups in total. The molecule has 0 aliphatic rings. The zero-order chi connectivity index (χ0) is 15.6. The van der Waals surface area contributed by atoms with Crippen LogP contribution < -0.4 is 11.3 Å². The Bertz CT molecular complexity index is 622. The average Bonchev–Trinajstić information content (AvgIpc) is 2.70. The number of nitrogens with two attached hydrogens (primary N) is 1. The van der Waals surface area contributed by atoms with Gasteiger partial charge < -0.3 is 0 Å². The van der Waals surface area contributed by atoms with Crippen LogP contribution >= 0.6 is 43.5 Å². The van der Waals surface area contributed by atoms with Crippen molar-refractivity contribution < 1.29 is 0 Å². The van der Waals surface area contributed by atoms with Gasteiger partial charge in [-0.3, -0.25) is 16.0 Å². The van der Waals surface area contributed by atoms with Crippen molar-refractivity contribution in [1.82, 2.24) is 15.2 Å². The molecule has 0 radical (unpaired) electrons. The van der Waals surface area contributed by atoms with Crippen LogP contribution in [-0.4, -0.2) is 9.78 Å². The molecule has 114 valence electrons. The van der Waals surface area contributed by atoms with E-state index in [0.717, 1.165) is 37.3 Å². The van der Waals surface area contributed by atoms with Crippen LogP contribution in [0.25, 0.3) is 0 Å². The standard InChI is InChI=1S/C14H17Br2ClN4/c1-3-11-14(17)13(21(2)20-11)7-12(19-18)8-4-9(15)6-10(16)5-8/h4-6,12,19H,3,7,18H2,1-2H3. The van der Waals surface area contributed by atoms with Crippen LogP contribution in [-0.2, 0) is 19.9 Å². The fraction of sp³-hybridized carbons (Fsp3) is 0.357. The summed E-state index contributed by atoms with van der Waals surface area (Å²) in [5.74, 6) is 5.74. The average molecular weight is 437 g/mol. The zero-order valence-electron chi connectivity index (χ0n) is 11.8. The second-order valence-corrected chi connectivity index (χ2v) is 7.02. The summed E-state index contributed by atoms with van der Waals surface area (Å²) in [6.07, 6.45) is 1.48. The lowest BCUT2D eigenvalue weighted by molar-refractivity contribution is 0.529. The Morgan fingerprint density at radius 2 is 1.95 bits per heavy atom. The predicted molar refractivity (Wildman–Crippen MR) is 93.2 cm³/mol. The van der Waals surface area contributed by atoms with Crippen LogP contribution in [0.3, 0.4) is 0 Å². The Kier molecular flexibility index (Phi) is 5.85. The summed E-state index contributed by atoms with van der Waals surface area (Å²) in [4.78, 5) is 0. The lowest BCUT2D eigenvalue weighted by atomic mass is 10.0. The highest BCUT2D eigenvalue weighted by Crippen LogP contribution is 2.29. The molecule has 0 amide bonds. The molecule has 1 unspecified atom stereocenters. The van der Waals surface area contributed by atoms with Crippen molar-refractivity contribution in [2.75, 3.05) is 0 Å². The molecule has 0 spiro atoms. The van der Waals surface area contributed by atoms with E-state index in [1.54, 1.807) is 0 Å². The van der Waals surface area contributed by atoms with Crippen molar-refractivity contribution in [1.29, 1.82) is 0 Å². The van der Waals surface area contributed by atoms with Crippen LogP contribution in [0.2, 0.25) is 5.02 Å². The van der Waals surface area contributed by atoms with Crippen molar-refractivity contribution >= 4 is 43.5 Å². The van der Waals surface area contributed by atoms with Crippen molar-refractivity contribution in [2.45, 2.75) is 25.8 Å². The Labute approximate surface area is 146 Å². The van der Waals surface area contributed by atoms with Crippen molar-refractivity contribution in [3.63, 3.8) is 0 Å². The molecule has 0 saturated carbocycles. The van der Waals surface area contributed by atoms with E-state index in [1.165, 1.54) is 0 Å². The van der Waals surface area contributed by atoms with Crippen LogP contribution in [0.1, 0.15) is 29.9 Å². The van der Waals surface area contributed by atoms with Gasteiger partial charge in [0.15, 0.2) is 0 Å². The monoisotopic (exact) mass is 434 g/mol. The minimum atomic E-state index is -0.0450. The first-order chi connectivity index (χ1) is 9.96. The Hall–Kier alpha value is -0.400. The summed E-state index contributed by atoms with van der Waals surface area (Å²) >= 11 is 13.4. The smallest absolute Gasteiger partial charge is 0.0850 e. The molecule has 0 fully saturated rings. The van der Waals surface area contributed by atoms with Crippen LogP contribution in [0.4, 0.5) is 0 Å². The SMILES string of the molecule is CCc1nn(C)c(CC(NN)c2cc(Br)cc(Br)c2)c1Cl. The van der Waals surface area contributed by atoms with Gasteiger partial charge in [-0.25, -0.2) is 0 Å². The first-order valence-corrected chi connectivity index (χ1v) is 8.55. The number of hydrogen-bond donors (Lipinski definition) is 2. The maximum atomic E-state index is 6.41. The number of benzene rings is 1. The van der Waals surface area contributed by atoms with E-state index in [4.69, 9.17) is 17.4 Å². The Morgan fingerprint density at radius 1 is 1.33 bits per heavy atom. The summed E-state index contributed by atoms with van der Waals surface area (Å²) in [7, 11) is 1.91. The van der Waals surface area contributed by atoms with Crippen molar-refractivity contribution in [3.8, 4) is 0 Å². The van der Waals surface area contributed by atoms with E-state index in [1.807, 2.05) is 36.9 Å². The molecule has 1 aromatic heterocycles. The van der Waals surface area contributed by atoms with Crippen molar-refractivity contribution in [2.24, 2.45) is 12.9 Å². The summed E-state index contributed by atoms with van der Waals surface area (Å²) in [5, 5.41) is 5.17. The number of hydrogen-bond acceptors (Lipinski definition) is 3. The molecule has 1 atom stereocenters. The fourth-order valence-electron chi connectivity index (χ4n) is 2.28. The molecule has 4 nitrogen and oxygen atoms in total. The molecule has 7 heteroatoms. The van der Waals surface area contributed by atoms with Gasteiger partial charge in [0.05, 0.1) is 22.5 Å². The molecule has 1 heterocycles. The molecular formula is C14H17Br2ClN4. The highest BCUT2D eigenvalue weighted by atomic mass is 79.9. The van der Waals surface area contributed by atoms with E-state index in [9.17, 15) is 0 Å². The summed E-state index contributed by atoms with van der Waals surface area (Å²) in [6, 6.07) is 6.03. The molecule has 0 aliphatic heterocycles. The van der Waals surface area contributed by atoms with Crippen LogP contribution in [0.15, 0.2) is 27.1 Å². The normalized spacial score (nSPS) is 12.7. The Morgan fingerprint density at radius 3 is 2.43 bits per heavy atom. The summed E-state index contributed by atoms with van der Waals surface area (Å²) < 4.78 is 3.83. The molecule has 2 rings (SSSR count). The minimum Gasteiger partial charge on any atom is -0.271 e. The molecule has 0 bridgehead atoms. The molecule has 0 aliphatic carbocycles. The van der Waals surface area contributed by atoms with Gasteiger partial charge >= 0.3 is 0 Å². The largest absolute Gasteiger partial charge is 0.271 e. The van der Waals surface area contributed by atoms with Gasteiger partial charge in [0.2, 0.25) is 0 Å². The number of nitrogens with one attached hydrogen (secondary N) is 1. The second-order valence-electron chi connectivity index (χ2n) is 4.81. The first kappa shape index (κ1) is 17.0. The van der Waals surface area contributed by atoms with Gasteiger partial charge in [-0.15, -0.1) is 0 Å². The number of aromatic nitrogens is 2. The maximum Gasteiger partial charge on any atom is 0.0850 e. The van der Waals surface area contributed by atoms with Crippen LogP contribution in [0, 0.1) is 0 Å². The lowest BCUT2D eigenvalue weighted by Gasteiger charge is -2.17. The molecule has 21 heavy (non-hydrogen) atoms. The quantitative estimate of drug-likeness (QED) is 0.552. The molecular weight excluding hydrogens is 419 g/mol. The lowest BCUT2D eigenvalue weighted by Crippen LogP contribution is -2.30. The van der Waals surface area contributed by atoms with E-state index in [0.29, 0.717) is 6.42 Å². The van der Waals surface area contributed by atoms with E-state index in [2.05, 4.69) is 42.4 Å². The third-order valence-electron chi connectivity index (χ3n) is 3.39. The van der Waals surface area contributed by atoms with Gasteiger partial charge in [-0.1, -0.05) is 50.4 Å². The van der Waals surface area contributed by atoms with E-state index >= 15 is 0 Å². The predicted octanol–water partition coefficient (Wildman–Crippen LogP) is 3.91. The topological polar surface area (TPSA) is 55.9 Å². The van der Waals surface area contributed by atoms with Gasteiger partial charge in [0.1, 0.15) is 0 Å². The van der Waals surface area contributed by atoms with Gasteiger partial charge in [0.25, 0.3) is 0 Å². The number of aryl methyl sites for hydroxylation is 2. The van der Waals surface area contributed by atoms with Gasteiger partial charge in [0, 0.05) is 22.4 Å². The molecule has 2 aromatic rings. The summed E-state index contributed by atoms with van der Waals surface area (Å²) in [6.45, 7) is 2.04. The fourth-order valence-corrected chi connectivity index (χ4v) is 3.98. The first-order valence-electron chi connectivity index (χ1n) is 6.58. The third kappa shape index (κ3) is 3.87. The maximum absolute atomic E-state index is 6.41. The van der Waals surface area contributed by atoms with E-state index < -0.39 is 0 Å². The second kappa shape index (κ2) is 7.24. The number of halogens is 3. The number of rotatable bonds is 5. The zero-order valence-corrected chi connectivity index (χ0v) is 15.8. The number of nitrogens with zero attached hydrogens (tertiary/aromatic N) is 2. The highest BCUT2D eigenvalue weighted by Gasteiger charge is 2.19. The van der Waals surface area contributed by atoms with Gasteiger partial charge in [-0.05, 0) is 30.2 Å². The Balaban J connectivity index is 2.33. The minimum absolute atomic E-state index is 0.0450. The third-order valence-corrected chi connectivity index (χ3v) is 4.74. The van der Waals surface area contributed by atoms with Gasteiger partial charge in [-0.2, -0.15) is 5.10 Å². The molecule has 1 aromatic carbocycles. The molecule has 0 saturated heterocycles. The van der Waals surface area contributed by atoms with Crippen molar-refractivity contribution in [3.05, 3.63) is 49.1 Å². The summed E-state index contributed by atoms with van der Waals surface area (Å²) in [5.41, 5.74) is 5.84.